The minimum Gasteiger partial charge on any atom is -0.382 e. The lowest BCUT2D eigenvalue weighted by atomic mass is 9.89. The molecule has 1 aromatic rings. The van der Waals surface area contributed by atoms with Gasteiger partial charge in [-0.15, -0.1) is 0 Å². The van der Waals surface area contributed by atoms with Gasteiger partial charge >= 0.3 is 0 Å². The first-order chi connectivity index (χ1) is 10.7. The van der Waals surface area contributed by atoms with Crippen molar-refractivity contribution in [2.24, 2.45) is 11.1 Å². The molecule has 0 radical (unpaired) electrons. The van der Waals surface area contributed by atoms with Gasteiger partial charge in [0.2, 0.25) is 6.10 Å². The molecule has 1 aromatic carbocycles. The molecule has 0 saturated heterocycles. The zero-order chi connectivity index (χ0) is 15.4. The van der Waals surface area contributed by atoms with Crippen LogP contribution in [0, 0.1) is 5.92 Å². The van der Waals surface area contributed by atoms with Gasteiger partial charge in [0, 0.05) is 20.0 Å². The van der Waals surface area contributed by atoms with Gasteiger partial charge in [0.25, 0.3) is 5.91 Å². The van der Waals surface area contributed by atoms with Crippen LogP contribution in [0.3, 0.4) is 0 Å². The fraction of sp³-hybridized carbons (Fsp3) is 0.556. The Morgan fingerprint density at radius 3 is 2.68 bits per heavy atom. The average molecular weight is 300 g/mol. The van der Waals surface area contributed by atoms with Gasteiger partial charge in [-0.3, -0.25) is 4.79 Å². The average Bonchev–Trinajstić information content (AvgIpc) is 3.06. The minimum absolute atomic E-state index is 0.0558. The monoisotopic (exact) mass is 300 g/mol. The first-order valence-electron chi connectivity index (χ1n) is 8.27. The molecular formula is C18H24N2O2. The van der Waals surface area contributed by atoms with Crippen LogP contribution < -0.4 is 0 Å². The highest BCUT2D eigenvalue weighted by molar-refractivity contribution is 6.04. The molecular weight excluding hydrogens is 276 g/mol. The van der Waals surface area contributed by atoms with E-state index in [1.54, 1.807) is 0 Å². The Morgan fingerprint density at radius 1 is 1.23 bits per heavy atom. The van der Waals surface area contributed by atoms with E-state index in [2.05, 4.69) is 5.16 Å². The van der Waals surface area contributed by atoms with Crippen LogP contribution in [0.1, 0.15) is 44.1 Å². The van der Waals surface area contributed by atoms with Crippen molar-refractivity contribution in [1.29, 1.82) is 0 Å². The summed E-state index contributed by atoms with van der Waals surface area (Å²) in [5.41, 5.74) is 1.90. The third-order valence-corrected chi connectivity index (χ3v) is 4.68. The number of rotatable bonds is 4. The van der Waals surface area contributed by atoms with Crippen LogP contribution in [-0.2, 0) is 9.63 Å². The van der Waals surface area contributed by atoms with Crippen molar-refractivity contribution >= 4 is 11.6 Å². The molecule has 4 heteroatoms. The van der Waals surface area contributed by atoms with E-state index in [4.69, 9.17) is 4.84 Å². The van der Waals surface area contributed by atoms with Crippen LogP contribution in [0.4, 0.5) is 0 Å². The highest BCUT2D eigenvalue weighted by Crippen LogP contribution is 2.25. The Labute approximate surface area is 132 Å². The summed E-state index contributed by atoms with van der Waals surface area (Å²) in [7, 11) is 1.89. The number of oxime groups is 1. The molecule has 1 fully saturated rings. The molecule has 4 nitrogen and oxygen atoms in total. The van der Waals surface area contributed by atoms with Crippen LogP contribution in [0.5, 0.6) is 0 Å². The van der Waals surface area contributed by atoms with E-state index in [1.165, 1.54) is 32.1 Å². The number of benzene rings is 1. The third kappa shape index (κ3) is 3.49. The highest BCUT2D eigenvalue weighted by Gasteiger charge is 2.31. The number of hydrogen-bond acceptors (Lipinski definition) is 3. The Bertz CT molecular complexity index is 535. The number of carbonyl (C=O) groups is 1. The maximum atomic E-state index is 12.5. The van der Waals surface area contributed by atoms with E-state index in [0.717, 1.165) is 17.8 Å². The van der Waals surface area contributed by atoms with Crippen molar-refractivity contribution < 1.29 is 9.63 Å². The summed E-state index contributed by atoms with van der Waals surface area (Å²) in [6.07, 6.45) is 6.54. The molecule has 1 atom stereocenters. The van der Waals surface area contributed by atoms with Crippen molar-refractivity contribution in [3.63, 3.8) is 0 Å². The van der Waals surface area contributed by atoms with Crippen molar-refractivity contribution in [3.05, 3.63) is 35.9 Å². The van der Waals surface area contributed by atoms with Crippen LogP contribution in [0.2, 0.25) is 0 Å². The molecule has 1 heterocycles. The normalized spacial score (nSPS) is 22.0. The second-order valence-corrected chi connectivity index (χ2v) is 6.42. The first-order valence-corrected chi connectivity index (χ1v) is 8.27. The topological polar surface area (TPSA) is 41.9 Å². The second kappa shape index (κ2) is 6.95. The predicted octanol–water partition coefficient (Wildman–Crippen LogP) is 3.22. The number of nitrogens with zero attached hydrogens (tertiary/aromatic N) is 2. The molecule has 1 saturated carbocycles. The molecule has 118 valence electrons. The summed E-state index contributed by atoms with van der Waals surface area (Å²) in [6.45, 7) is 0.847. The van der Waals surface area contributed by atoms with Crippen molar-refractivity contribution in [2.75, 3.05) is 13.6 Å². The van der Waals surface area contributed by atoms with Gasteiger partial charge < -0.3 is 9.74 Å². The van der Waals surface area contributed by atoms with Crippen molar-refractivity contribution in [3.8, 4) is 0 Å². The lowest BCUT2D eigenvalue weighted by molar-refractivity contribution is -0.141. The van der Waals surface area contributed by atoms with Gasteiger partial charge in [-0.05, 0) is 24.3 Å². The molecule has 0 spiro atoms. The highest BCUT2D eigenvalue weighted by atomic mass is 16.6. The molecule has 22 heavy (non-hydrogen) atoms. The SMILES string of the molecule is CN(CC1CCCCC1)C(=O)C1CC(c2ccccc2)=NO1. The number of amides is 1. The summed E-state index contributed by atoms with van der Waals surface area (Å²) in [5.74, 6) is 0.707. The fourth-order valence-corrected chi connectivity index (χ4v) is 3.40. The maximum Gasteiger partial charge on any atom is 0.266 e. The zero-order valence-corrected chi connectivity index (χ0v) is 13.2. The molecule has 3 rings (SSSR count). The van der Waals surface area contributed by atoms with Crippen LogP contribution in [-0.4, -0.2) is 36.2 Å². The molecule has 0 bridgehead atoms. The Hall–Kier alpha value is -1.84. The van der Waals surface area contributed by atoms with Gasteiger partial charge in [-0.2, -0.15) is 0 Å². The molecule has 0 aromatic heterocycles. The first kappa shape index (κ1) is 15.1. The predicted molar refractivity (Wildman–Crippen MR) is 86.7 cm³/mol. The van der Waals surface area contributed by atoms with Crippen LogP contribution in [0.25, 0.3) is 0 Å². The Kier molecular flexibility index (Phi) is 4.76. The van der Waals surface area contributed by atoms with Crippen LogP contribution >= 0.6 is 0 Å². The van der Waals surface area contributed by atoms with Crippen molar-refractivity contribution in [2.45, 2.75) is 44.6 Å². The van der Waals surface area contributed by atoms with Crippen LogP contribution in [0.15, 0.2) is 35.5 Å². The van der Waals surface area contributed by atoms with E-state index in [1.807, 2.05) is 42.3 Å². The standard InChI is InChI=1S/C18H24N2O2/c1-20(13-14-8-4-2-5-9-14)18(21)17-12-16(19-22-17)15-10-6-3-7-11-15/h3,6-7,10-11,14,17H,2,4-5,8-9,12-13H2,1H3. The lowest BCUT2D eigenvalue weighted by Gasteiger charge is -2.28. The van der Waals surface area contributed by atoms with Gasteiger partial charge in [0.15, 0.2) is 0 Å². The van der Waals surface area contributed by atoms with Gasteiger partial charge in [0.05, 0.1) is 5.71 Å². The van der Waals surface area contributed by atoms with E-state index in [9.17, 15) is 4.79 Å². The van der Waals surface area contributed by atoms with E-state index in [-0.39, 0.29) is 5.91 Å². The van der Waals surface area contributed by atoms with Gasteiger partial charge in [-0.25, -0.2) is 0 Å². The number of carbonyl (C=O) groups excluding carboxylic acids is 1. The fourth-order valence-electron chi connectivity index (χ4n) is 3.40. The van der Waals surface area contributed by atoms with Gasteiger partial charge in [-0.1, -0.05) is 54.8 Å². The minimum atomic E-state index is -0.455. The summed E-state index contributed by atoms with van der Waals surface area (Å²) in [4.78, 5) is 19.7. The Morgan fingerprint density at radius 2 is 1.95 bits per heavy atom. The lowest BCUT2D eigenvalue weighted by Crippen LogP contribution is -2.39. The second-order valence-electron chi connectivity index (χ2n) is 6.42. The zero-order valence-electron chi connectivity index (χ0n) is 13.2. The Balaban J connectivity index is 1.53. The van der Waals surface area contributed by atoms with E-state index < -0.39 is 6.10 Å². The summed E-state index contributed by atoms with van der Waals surface area (Å²) in [6, 6.07) is 9.92. The molecule has 1 aliphatic carbocycles. The quantitative estimate of drug-likeness (QED) is 0.857. The molecule has 2 aliphatic rings. The number of likely N-dealkylation sites (N-methyl/N-ethyl adjacent to an activating group) is 1. The molecule has 1 aliphatic heterocycles. The largest absolute Gasteiger partial charge is 0.382 e. The summed E-state index contributed by atoms with van der Waals surface area (Å²) in [5, 5.41) is 4.11. The summed E-state index contributed by atoms with van der Waals surface area (Å²) >= 11 is 0. The number of hydrogen-bond donors (Lipinski definition) is 0. The molecule has 0 N–H and O–H groups in total. The molecule has 1 unspecified atom stereocenters. The smallest absolute Gasteiger partial charge is 0.266 e. The molecule has 1 amide bonds. The summed E-state index contributed by atoms with van der Waals surface area (Å²) < 4.78 is 0. The third-order valence-electron chi connectivity index (χ3n) is 4.68. The maximum absolute atomic E-state index is 12.5. The van der Waals surface area contributed by atoms with Crippen molar-refractivity contribution in [1.82, 2.24) is 4.90 Å². The van der Waals surface area contributed by atoms with Gasteiger partial charge in [0.1, 0.15) is 0 Å². The van der Waals surface area contributed by atoms with E-state index >= 15 is 0 Å². The van der Waals surface area contributed by atoms with E-state index in [0.29, 0.717) is 12.3 Å².